The second-order valence-electron chi connectivity index (χ2n) is 7.48. The minimum atomic E-state index is -2.23. The zero-order valence-electron chi connectivity index (χ0n) is 17.3. The number of aliphatic hydroxyl groups excluding tert-OH is 4. The molecule has 32 heavy (non-hydrogen) atoms. The third-order valence-corrected chi connectivity index (χ3v) is 6.70. The van der Waals surface area contributed by atoms with Gasteiger partial charge in [0.25, 0.3) is 5.91 Å². The highest BCUT2D eigenvalue weighted by atomic mass is 32.1. The van der Waals surface area contributed by atoms with E-state index in [0.717, 1.165) is 11.3 Å². The summed E-state index contributed by atoms with van der Waals surface area (Å²) in [6, 6.07) is 5.66. The molecule has 1 aromatic heterocycles. The van der Waals surface area contributed by atoms with E-state index in [4.69, 9.17) is 10.5 Å². The van der Waals surface area contributed by atoms with Crippen LogP contribution in [0.4, 0.5) is 10.5 Å². The highest BCUT2D eigenvalue weighted by molar-refractivity contribution is 7.18. The normalized spacial score (nSPS) is 25.5. The molecular formula is C20H25N3O8S. The molecule has 0 spiro atoms. The SMILES string of the molecule is CNC(=O)c1sc(-c2ccc(OC(O)C3(O)C(O)C(O)C3CO)c(C)c2)cc1NC(N)=O. The van der Waals surface area contributed by atoms with Crippen molar-refractivity contribution in [1.82, 2.24) is 5.32 Å². The number of carbonyl (C=O) groups excluding carboxylic acids is 2. The highest BCUT2D eigenvalue weighted by Gasteiger charge is 2.65. The van der Waals surface area contributed by atoms with Crippen LogP contribution >= 0.6 is 11.3 Å². The number of primary amides is 1. The van der Waals surface area contributed by atoms with Crippen LogP contribution in [0.1, 0.15) is 15.2 Å². The molecule has 0 radical (unpaired) electrons. The van der Waals surface area contributed by atoms with Crippen LogP contribution in [-0.4, -0.2) is 75.2 Å². The van der Waals surface area contributed by atoms with Gasteiger partial charge in [-0.05, 0) is 42.3 Å². The lowest BCUT2D eigenvalue weighted by Gasteiger charge is -2.53. The Balaban J connectivity index is 1.85. The average molecular weight is 468 g/mol. The molecule has 0 saturated heterocycles. The standard InChI is InChI=1S/C20H25N3O8S/c1-8-5-9(13-6-11(23-19(21)29)15(32-13)17(27)22-2)3-4-12(8)31-18(28)20(30)10(7-24)14(25)16(20)26/h3-6,10,14,16,18,24-26,28,30H,7H2,1-2H3,(H,22,27)(H3,21,23,29). The number of ether oxygens (including phenoxy) is 1. The molecule has 12 heteroatoms. The summed E-state index contributed by atoms with van der Waals surface area (Å²) in [5, 5.41) is 54.7. The topological polar surface area (TPSA) is 195 Å². The number of nitrogens with two attached hydrogens (primary N) is 1. The van der Waals surface area contributed by atoms with Crippen molar-refractivity contribution in [2.45, 2.75) is 31.0 Å². The van der Waals surface area contributed by atoms with Crippen molar-refractivity contribution < 1.29 is 39.9 Å². The molecule has 1 heterocycles. The van der Waals surface area contributed by atoms with Crippen LogP contribution in [0, 0.1) is 12.8 Å². The number of aliphatic hydroxyl groups is 5. The van der Waals surface area contributed by atoms with E-state index >= 15 is 0 Å². The van der Waals surface area contributed by atoms with Crippen molar-refractivity contribution in [2.75, 3.05) is 19.0 Å². The monoisotopic (exact) mass is 467 g/mol. The summed E-state index contributed by atoms with van der Waals surface area (Å²) in [6.45, 7) is 1.03. The van der Waals surface area contributed by atoms with Gasteiger partial charge in [0, 0.05) is 17.8 Å². The van der Waals surface area contributed by atoms with Gasteiger partial charge in [0.2, 0.25) is 6.29 Å². The lowest BCUT2D eigenvalue weighted by Crippen LogP contribution is -2.76. The van der Waals surface area contributed by atoms with E-state index in [-0.39, 0.29) is 16.3 Å². The molecule has 3 amide bonds. The van der Waals surface area contributed by atoms with E-state index in [2.05, 4.69) is 10.6 Å². The van der Waals surface area contributed by atoms with E-state index in [1.165, 1.54) is 13.1 Å². The van der Waals surface area contributed by atoms with E-state index in [1.807, 2.05) is 0 Å². The molecule has 1 aliphatic carbocycles. The van der Waals surface area contributed by atoms with Gasteiger partial charge < -0.3 is 46.6 Å². The third kappa shape index (κ3) is 4.03. The molecule has 11 nitrogen and oxygen atoms in total. The molecule has 1 saturated carbocycles. The number of aryl methyl sites for hydroxylation is 1. The van der Waals surface area contributed by atoms with Gasteiger partial charge in [0.1, 0.15) is 16.7 Å². The summed E-state index contributed by atoms with van der Waals surface area (Å²) in [7, 11) is 1.46. The molecule has 2 aromatic rings. The second kappa shape index (κ2) is 9.02. The van der Waals surface area contributed by atoms with Crippen LogP contribution in [0.2, 0.25) is 0 Å². The zero-order chi connectivity index (χ0) is 23.8. The zero-order valence-corrected chi connectivity index (χ0v) is 18.1. The first-order valence-electron chi connectivity index (χ1n) is 9.62. The largest absolute Gasteiger partial charge is 0.462 e. The van der Waals surface area contributed by atoms with Crippen molar-refractivity contribution in [3.8, 4) is 16.2 Å². The van der Waals surface area contributed by atoms with Crippen LogP contribution in [0.25, 0.3) is 10.4 Å². The fourth-order valence-electron chi connectivity index (χ4n) is 3.64. The fraction of sp³-hybridized carbons (Fsp3) is 0.400. The Hall–Kier alpha value is -2.74. The smallest absolute Gasteiger partial charge is 0.316 e. The van der Waals surface area contributed by atoms with Crippen LogP contribution in [0.15, 0.2) is 24.3 Å². The highest BCUT2D eigenvalue weighted by Crippen LogP contribution is 2.43. The summed E-state index contributed by atoms with van der Waals surface area (Å²) in [5.74, 6) is -1.37. The Labute approximate surface area is 187 Å². The summed E-state index contributed by atoms with van der Waals surface area (Å²) < 4.78 is 5.42. The number of anilines is 1. The second-order valence-corrected chi connectivity index (χ2v) is 8.54. The third-order valence-electron chi connectivity index (χ3n) is 5.52. The predicted molar refractivity (Wildman–Crippen MR) is 115 cm³/mol. The molecule has 174 valence electrons. The Morgan fingerprint density at radius 2 is 2.00 bits per heavy atom. The van der Waals surface area contributed by atoms with E-state index in [0.29, 0.717) is 16.0 Å². The Morgan fingerprint density at radius 1 is 1.31 bits per heavy atom. The number of urea groups is 1. The van der Waals surface area contributed by atoms with Crippen molar-refractivity contribution >= 4 is 29.0 Å². The summed E-state index contributed by atoms with van der Waals surface area (Å²) in [4.78, 5) is 24.3. The molecule has 9 N–H and O–H groups in total. The minimum absolute atomic E-state index is 0.193. The number of thiophene rings is 1. The first-order valence-corrected chi connectivity index (χ1v) is 10.4. The lowest BCUT2D eigenvalue weighted by molar-refractivity contribution is -0.332. The molecule has 5 unspecified atom stereocenters. The molecular weight excluding hydrogens is 442 g/mol. The van der Waals surface area contributed by atoms with E-state index in [1.54, 1.807) is 25.1 Å². The van der Waals surface area contributed by atoms with Crippen molar-refractivity contribution in [3.63, 3.8) is 0 Å². The Morgan fingerprint density at radius 3 is 2.56 bits per heavy atom. The number of benzene rings is 1. The fourth-order valence-corrected chi connectivity index (χ4v) is 4.70. The van der Waals surface area contributed by atoms with E-state index in [9.17, 15) is 35.1 Å². The van der Waals surface area contributed by atoms with Gasteiger partial charge in [-0.1, -0.05) is 0 Å². The van der Waals surface area contributed by atoms with Crippen LogP contribution in [-0.2, 0) is 0 Å². The summed E-state index contributed by atoms with van der Waals surface area (Å²) in [6.07, 6.45) is -4.97. The minimum Gasteiger partial charge on any atom is -0.462 e. The maximum Gasteiger partial charge on any atom is 0.316 e. The molecule has 1 aromatic carbocycles. The number of hydrogen-bond donors (Lipinski definition) is 8. The number of hydrogen-bond acceptors (Lipinski definition) is 9. The maximum absolute atomic E-state index is 12.1. The summed E-state index contributed by atoms with van der Waals surface area (Å²) >= 11 is 1.14. The van der Waals surface area contributed by atoms with Gasteiger partial charge in [0.15, 0.2) is 5.60 Å². The van der Waals surface area contributed by atoms with Gasteiger partial charge in [0.05, 0.1) is 18.4 Å². The first-order chi connectivity index (χ1) is 15.0. The van der Waals surface area contributed by atoms with Crippen LogP contribution in [0.5, 0.6) is 5.75 Å². The number of nitrogens with one attached hydrogen (secondary N) is 2. The Kier molecular flexibility index (Phi) is 6.74. The van der Waals surface area contributed by atoms with Crippen molar-refractivity contribution in [3.05, 3.63) is 34.7 Å². The molecule has 0 aliphatic heterocycles. The van der Waals surface area contributed by atoms with E-state index < -0.39 is 48.6 Å². The number of amides is 3. The summed E-state index contributed by atoms with van der Waals surface area (Å²) in [5.41, 5.74) is 4.45. The van der Waals surface area contributed by atoms with Gasteiger partial charge in [-0.25, -0.2) is 4.79 Å². The van der Waals surface area contributed by atoms with Gasteiger partial charge in [-0.2, -0.15) is 0 Å². The van der Waals surface area contributed by atoms with Gasteiger partial charge >= 0.3 is 6.03 Å². The molecule has 1 fully saturated rings. The maximum atomic E-state index is 12.1. The number of rotatable bonds is 7. The molecule has 3 rings (SSSR count). The van der Waals surface area contributed by atoms with Crippen LogP contribution in [0.3, 0.4) is 0 Å². The predicted octanol–water partition coefficient (Wildman–Crippen LogP) is -0.654. The first kappa shape index (κ1) is 23.9. The molecule has 0 bridgehead atoms. The van der Waals surface area contributed by atoms with Crippen molar-refractivity contribution in [1.29, 1.82) is 0 Å². The molecule has 1 aliphatic rings. The van der Waals surface area contributed by atoms with Crippen molar-refractivity contribution in [2.24, 2.45) is 11.7 Å². The average Bonchev–Trinajstić information content (AvgIpc) is 3.17. The van der Waals surface area contributed by atoms with Gasteiger partial charge in [-0.3, -0.25) is 4.79 Å². The Bertz CT molecular complexity index is 1030. The van der Waals surface area contributed by atoms with Gasteiger partial charge in [-0.15, -0.1) is 11.3 Å². The molecule has 5 atom stereocenters. The number of carbonyl (C=O) groups is 2. The lowest BCUT2D eigenvalue weighted by atomic mass is 9.64. The van der Waals surface area contributed by atoms with Crippen LogP contribution < -0.4 is 21.1 Å². The quantitative estimate of drug-likeness (QED) is 0.246.